The number of halogens is 3. The Labute approximate surface area is 153 Å². The van der Waals surface area contributed by atoms with Crippen molar-refractivity contribution in [3.8, 4) is 5.88 Å². The number of hydrogen-bond donors (Lipinski definition) is 1. The summed E-state index contributed by atoms with van der Waals surface area (Å²) in [5, 5.41) is 9.31. The average Bonchev–Trinajstić information content (AvgIpc) is 3.04. The molecule has 2 heterocycles. The molecule has 1 saturated carbocycles. The molecule has 2 fully saturated rings. The topological polar surface area (TPSA) is 90.8 Å². The van der Waals surface area contributed by atoms with Crippen LogP contribution in [0.2, 0.25) is 0 Å². The molecular weight excluding hydrogens is 369 g/mol. The molecule has 1 aliphatic carbocycles. The highest BCUT2D eigenvalue weighted by Crippen LogP contribution is 2.38. The van der Waals surface area contributed by atoms with Crippen LogP contribution in [0.3, 0.4) is 0 Å². The Morgan fingerprint density at radius 1 is 1.22 bits per heavy atom. The van der Waals surface area contributed by atoms with Crippen LogP contribution in [0.25, 0.3) is 0 Å². The standard InChI is InChI=1S/C17H21F3N2O5/c1-15(2,14(23)24)11-9-12(22-13(21-11)17(18,19)20)27-10-3-5-16(6-4-10)25-7-8-26-16/h9-10H,3-8H2,1-2H3,(H,23,24). The van der Waals surface area contributed by atoms with Crippen LogP contribution in [-0.4, -0.2) is 46.1 Å². The van der Waals surface area contributed by atoms with Gasteiger partial charge >= 0.3 is 12.1 Å². The number of ether oxygens (including phenoxy) is 3. The lowest BCUT2D eigenvalue weighted by Gasteiger charge is -2.35. The molecule has 1 aromatic heterocycles. The monoisotopic (exact) mass is 390 g/mol. The van der Waals surface area contributed by atoms with Crippen molar-refractivity contribution in [1.29, 1.82) is 0 Å². The molecule has 1 saturated heterocycles. The largest absolute Gasteiger partial charge is 0.481 e. The summed E-state index contributed by atoms with van der Waals surface area (Å²) in [5.74, 6) is -3.61. The van der Waals surface area contributed by atoms with Gasteiger partial charge in [0.25, 0.3) is 0 Å². The van der Waals surface area contributed by atoms with Gasteiger partial charge in [-0.25, -0.2) is 4.98 Å². The maximum absolute atomic E-state index is 13.2. The zero-order valence-electron chi connectivity index (χ0n) is 15.0. The molecule has 0 unspecified atom stereocenters. The Morgan fingerprint density at radius 3 is 2.33 bits per heavy atom. The van der Waals surface area contributed by atoms with Crippen molar-refractivity contribution in [2.24, 2.45) is 0 Å². The van der Waals surface area contributed by atoms with Gasteiger partial charge in [-0.2, -0.15) is 18.2 Å². The molecule has 7 nitrogen and oxygen atoms in total. The molecule has 1 spiro atoms. The molecule has 1 aromatic rings. The van der Waals surface area contributed by atoms with E-state index in [1.807, 2.05) is 0 Å². The lowest BCUT2D eigenvalue weighted by Crippen LogP contribution is -2.38. The van der Waals surface area contributed by atoms with E-state index in [1.54, 1.807) is 0 Å². The first-order valence-corrected chi connectivity index (χ1v) is 8.67. The van der Waals surface area contributed by atoms with E-state index in [0.29, 0.717) is 38.9 Å². The van der Waals surface area contributed by atoms with Gasteiger partial charge in [0.1, 0.15) is 11.5 Å². The van der Waals surface area contributed by atoms with Crippen LogP contribution in [-0.2, 0) is 25.9 Å². The summed E-state index contributed by atoms with van der Waals surface area (Å²) < 4.78 is 56.4. The number of hydrogen-bond acceptors (Lipinski definition) is 6. The predicted molar refractivity (Wildman–Crippen MR) is 85.2 cm³/mol. The summed E-state index contributed by atoms with van der Waals surface area (Å²) in [5.41, 5.74) is -1.88. The van der Waals surface area contributed by atoms with Gasteiger partial charge in [0, 0.05) is 18.9 Å². The second-order valence-corrected chi connectivity index (χ2v) is 7.27. The molecule has 1 aliphatic heterocycles. The van der Waals surface area contributed by atoms with Crippen molar-refractivity contribution in [2.75, 3.05) is 13.2 Å². The number of nitrogens with zero attached hydrogens (tertiary/aromatic N) is 2. The van der Waals surface area contributed by atoms with Crippen molar-refractivity contribution in [3.05, 3.63) is 17.6 Å². The van der Waals surface area contributed by atoms with Gasteiger partial charge in [-0.1, -0.05) is 0 Å². The first kappa shape index (κ1) is 19.8. The van der Waals surface area contributed by atoms with Crippen LogP contribution >= 0.6 is 0 Å². The number of aromatic nitrogens is 2. The normalized spacial score (nSPS) is 20.8. The first-order chi connectivity index (χ1) is 12.5. The Hall–Kier alpha value is -1.94. The third-order valence-electron chi connectivity index (χ3n) is 4.93. The molecule has 3 rings (SSSR count). The number of alkyl halides is 3. The summed E-state index contributed by atoms with van der Waals surface area (Å²) in [4.78, 5) is 18.3. The van der Waals surface area contributed by atoms with Crippen LogP contribution in [0.15, 0.2) is 6.07 Å². The molecular formula is C17H21F3N2O5. The number of carboxylic acid groups (broad SMARTS) is 1. The summed E-state index contributed by atoms with van der Waals surface area (Å²) in [6, 6.07) is 1.16. The minimum atomic E-state index is -4.81. The van der Waals surface area contributed by atoms with Gasteiger partial charge in [-0.15, -0.1) is 0 Å². The minimum Gasteiger partial charge on any atom is -0.481 e. The van der Waals surface area contributed by atoms with Crippen LogP contribution in [0.4, 0.5) is 13.2 Å². The van der Waals surface area contributed by atoms with Crippen molar-refractivity contribution in [3.63, 3.8) is 0 Å². The second-order valence-electron chi connectivity index (χ2n) is 7.27. The van der Waals surface area contributed by atoms with Gasteiger partial charge in [0.15, 0.2) is 5.79 Å². The highest BCUT2D eigenvalue weighted by molar-refractivity contribution is 5.79. The Bertz CT molecular complexity index is 707. The van der Waals surface area contributed by atoms with Gasteiger partial charge in [-0.05, 0) is 26.7 Å². The summed E-state index contributed by atoms with van der Waals surface area (Å²) in [6.07, 6.45) is -2.97. The molecule has 0 atom stereocenters. The van der Waals surface area contributed by atoms with E-state index < -0.39 is 29.2 Å². The molecule has 0 bridgehead atoms. The van der Waals surface area contributed by atoms with Crippen molar-refractivity contribution < 1.29 is 37.3 Å². The van der Waals surface area contributed by atoms with E-state index in [1.165, 1.54) is 13.8 Å². The fourth-order valence-corrected chi connectivity index (χ4v) is 3.15. The van der Waals surface area contributed by atoms with Crippen LogP contribution in [0.5, 0.6) is 5.88 Å². The van der Waals surface area contributed by atoms with Gasteiger partial charge in [-0.3, -0.25) is 4.79 Å². The smallest absolute Gasteiger partial charge is 0.451 e. The highest BCUT2D eigenvalue weighted by Gasteiger charge is 2.42. The maximum atomic E-state index is 13.2. The Balaban J connectivity index is 1.81. The van der Waals surface area contributed by atoms with E-state index in [4.69, 9.17) is 14.2 Å². The second kappa shape index (κ2) is 6.90. The quantitative estimate of drug-likeness (QED) is 0.845. The molecule has 0 radical (unpaired) electrons. The molecule has 150 valence electrons. The summed E-state index contributed by atoms with van der Waals surface area (Å²) in [6.45, 7) is 3.61. The van der Waals surface area contributed by atoms with Crippen LogP contribution in [0, 0.1) is 0 Å². The zero-order chi connectivity index (χ0) is 19.9. The third-order valence-corrected chi connectivity index (χ3v) is 4.93. The third kappa shape index (κ3) is 4.16. The van der Waals surface area contributed by atoms with Crippen molar-refractivity contribution >= 4 is 5.97 Å². The van der Waals surface area contributed by atoms with Gasteiger partial charge in [0.05, 0.1) is 18.9 Å². The van der Waals surface area contributed by atoms with Crippen LogP contribution in [0.1, 0.15) is 51.0 Å². The predicted octanol–water partition coefficient (Wildman–Crippen LogP) is 2.92. The van der Waals surface area contributed by atoms with Gasteiger partial charge in [0.2, 0.25) is 11.7 Å². The molecule has 27 heavy (non-hydrogen) atoms. The lowest BCUT2D eigenvalue weighted by atomic mass is 9.89. The van der Waals surface area contributed by atoms with Crippen LogP contribution < -0.4 is 4.74 Å². The number of rotatable bonds is 4. The molecule has 2 aliphatic rings. The zero-order valence-corrected chi connectivity index (χ0v) is 15.0. The summed E-state index contributed by atoms with van der Waals surface area (Å²) in [7, 11) is 0. The number of carboxylic acids is 1. The van der Waals surface area contributed by atoms with Crippen molar-refractivity contribution in [2.45, 2.75) is 63.0 Å². The van der Waals surface area contributed by atoms with Gasteiger partial charge < -0.3 is 19.3 Å². The molecule has 0 aromatic carbocycles. The number of carbonyl (C=O) groups is 1. The SMILES string of the molecule is CC(C)(C(=O)O)c1cc(OC2CCC3(CC2)OCCO3)nc(C(F)(F)F)n1. The Morgan fingerprint density at radius 2 is 1.81 bits per heavy atom. The fraction of sp³-hybridized carbons (Fsp3) is 0.706. The molecule has 0 amide bonds. The van der Waals surface area contributed by atoms with E-state index >= 15 is 0 Å². The molecule has 10 heteroatoms. The molecule has 1 N–H and O–H groups in total. The van der Waals surface area contributed by atoms with E-state index in [-0.39, 0.29) is 17.7 Å². The highest BCUT2D eigenvalue weighted by atomic mass is 19.4. The Kier molecular flexibility index (Phi) is 5.06. The summed E-state index contributed by atoms with van der Waals surface area (Å²) >= 11 is 0. The first-order valence-electron chi connectivity index (χ1n) is 8.67. The van der Waals surface area contributed by atoms with E-state index in [9.17, 15) is 23.1 Å². The fourth-order valence-electron chi connectivity index (χ4n) is 3.15. The van der Waals surface area contributed by atoms with E-state index in [2.05, 4.69) is 9.97 Å². The average molecular weight is 390 g/mol. The lowest BCUT2D eigenvalue weighted by molar-refractivity contribution is -0.186. The minimum absolute atomic E-state index is 0.262. The van der Waals surface area contributed by atoms with Crippen molar-refractivity contribution in [1.82, 2.24) is 9.97 Å². The van der Waals surface area contributed by atoms with E-state index in [0.717, 1.165) is 6.07 Å². The maximum Gasteiger partial charge on any atom is 0.451 e. The number of aliphatic carboxylic acids is 1.